The molecule has 5 heteroatoms. The van der Waals surface area contributed by atoms with Gasteiger partial charge in [0.1, 0.15) is 5.69 Å². The van der Waals surface area contributed by atoms with Crippen LogP contribution in [0.2, 0.25) is 0 Å². The Morgan fingerprint density at radius 2 is 1.95 bits per heavy atom. The van der Waals surface area contributed by atoms with Gasteiger partial charge < -0.3 is 10.1 Å². The molecule has 0 spiro atoms. The van der Waals surface area contributed by atoms with Crippen LogP contribution < -0.4 is 5.32 Å². The Bertz CT molecular complexity index is 461. The van der Waals surface area contributed by atoms with Crippen LogP contribution in [0, 0.1) is 6.92 Å². The molecule has 0 saturated heterocycles. The fourth-order valence-corrected chi connectivity index (χ4v) is 1.94. The predicted molar refractivity (Wildman–Crippen MR) is 81.0 cm³/mol. The van der Waals surface area contributed by atoms with Crippen LogP contribution >= 0.6 is 0 Å². The second-order valence-electron chi connectivity index (χ2n) is 4.89. The summed E-state index contributed by atoms with van der Waals surface area (Å²) in [4.78, 5) is 27.1. The fourth-order valence-electron chi connectivity index (χ4n) is 1.94. The molecule has 1 heterocycles. The van der Waals surface area contributed by atoms with E-state index in [4.69, 9.17) is 4.74 Å². The molecule has 1 amide bonds. The van der Waals surface area contributed by atoms with Crippen molar-refractivity contribution < 1.29 is 14.3 Å². The van der Waals surface area contributed by atoms with Gasteiger partial charge in [-0.2, -0.15) is 0 Å². The molecule has 0 saturated carbocycles. The standard InChI is InChI=1S/C16H24N2O3/c1-3-21-15(19)11-6-4-5-7-12-17-16(20)14-10-8-9-13(2)18-14/h8-10H,3-7,11-12H2,1-2H3,(H,17,20). The molecule has 0 unspecified atom stereocenters. The van der Waals surface area contributed by atoms with Crippen molar-refractivity contribution in [3.8, 4) is 0 Å². The van der Waals surface area contributed by atoms with E-state index >= 15 is 0 Å². The van der Waals surface area contributed by atoms with Crippen LogP contribution in [-0.4, -0.2) is 30.0 Å². The Morgan fingerprint density at radius 3 is 2.67 bits per heavy atom. The maximum atomic E-state index is 11.8. The highest BCUT2D eigenvalue weighted by Crippen LogP contribution is 2.04. The van der Waals surface area contributed by atoms with E-state index in [9.17, 15) is 9.59 Å². The predicted octanol–water partition coefficient (Wildman–Crippen LogP) is 2.63. The largest absolute Gasteiger partial charge is 0.466 e. The first-order valence-corrected chi connectivity index (χ1v) is 7.51. The van der Waals surface area contributed by atoms with Gasteiger partial charge in [-0.15, -0.1) is 0 Å². The quantitative estimate of drug-likeness (QED) is 0.561. The number of ether oxygens (including phenoxy) is 1. The van der Waals surface area contributed by atoms with Crippen LogP contribution in [0.4, 0.5) is 0 Å². The van der Waals surface area contributed by atoms with E-state index in [-0.39, 0.29) is 11.9 Å². The summed E-state index contributed by atoms with van der Waals surface area (Å²) in [5, 5.41) is 2.85. The number of pyridine rings is 1. The Balaban J connectivity index is 2.06. The fraction of sp³-hybridized carbons (Fsp3) is 0.562. The van der Waals surface area contributed by atoms with Crippen LogP contribution in [0.25, 0.3) is 0 Å². The summed E-state index contributed by atoms with van der Waals surface area (Å²) in [5.41, 5.74) is 1.29. The van der Waals surface area contributed by atoms with Gasteiger partial charge in [-0.25, -0.2) is 4.98 Å². The second-order valence-corrected chi connectivity index (χ2v) is 4.89. The van der Waals surface area contributed by atoms with Crippen molar-refractivity contribution >= 4 is 11.9 Å². The van der Waals surface area contributed by atoms with E-state index < -0.39 is 0 Å². The van der Waals surface area contributed by atoms with Gasteiger partial charge in [0.2, 0.25) is 0 Å². The molecule has 1 N–H and O–H groups in total. The smallest absolute Gasteiger partial charge is 0.305 e. The monoisotopic (exact) mass is 292 g/mol. The minimum absolute atomic E-state index is 0.128. The SMILES string of the molecule is CCOC(=O)CCCCCCNC(=O)c1cccc(C)n1. The Kier molecular flexibility index (Phi) is 8.09. The number of aromatic nitrogens is 1. The van der Waals surface area contributed by atoms with Gasteiger partial charge >= 0.3 is 5.97 Å². The third kappa shape index (κ3) is 7.44. The van der Waals surface area contributed by atoms with Crippen LogP contribution in [0.1, 0.15) is 55.2 Å². The zero-order chi connectivity index (χ0) is 15.5. The molecule has 116 valence electrons. The normalized spacial score (nSPS) is 10.2. The van der Waals surface area contributed by atoms with Crippen LogP contribution in [0.3, 0.4) is 0 Å². The van der Waals surface area contributed by atoms with Gasteiger partial charge in [-0.3, -0.25) is 9.59 Å². The summed E-state index contributed by atoms with van der Waals surface area (Å²) in [6, 6.07) is 5.40. The molecule has 0 fully saturated rings. The summed E-state index contributed by atoms with van der Waals surface area (Å²) < 4.78 is 4.86. The first kappa shape index (κ1) is 17.1. The summed E-state index contributed by atoms with van der Waals surface area (Å²) in [7, 11) is 0. The highest BCUT2D eigenvalue weighted by atomic mass is 16.5. The van der Waals surface area contributed by atoms with Crippen molar-refractivity contribution in [1.82, 2.24) is 10.3 Å². The average molecular weight is 292 g/mol. The van der Waals surface area contributed by atoms with Gasteiger partial charge in [-0.1, -0.05) is 18.9 Å². The zero-order valence-electron chi connectivity index (χ0n) is 12.9. The molecular weight excluding hydrogens is 268 g/mol. The number of rotatable bonds is 9. The van der Waals surface area contributed by atoms with Crippen molar-refractivity contribution in [2.45, 2.75) is 46.0 Å². The van der Waals surface area contributed by atoms with E-state index in [0.717, 1.165) is 31.4 Å². The number of aryl methyl sites for hydroxylation is 1. The van der Waals surface area contributed by atoms with Crippen molar-refractivity contribution in [3.63, 3.8) is 0 Å². The lowest BCUT2D eigenvalue weighted by atomic mass is 10.1. The van der Waals surface area contributed by atoms with Gasteiger partial charge in [-0.05, 0) is 38.8 Å². The van der Waals surface area contributed by atoms with Crippen molar-refractivity contribution in [1.29, 1.82) is 0 Å². The maximum absolute atomic E-state index is 11.8. The number of amides is 1. The molecule has 1 aromatic rings. The van der Waals surface area contributed by atoms with Gasteiger partial charge in [0, 0.05) is 18.7 Å². The first-order valence-electron chi connectivity index (χ1n) is 7.51. The summed E-state index contributed by atoms with van der Waals surface area (Å²) in [5.74, 6) is -0.262. The topological polar surface area (TPSA) is 68.3 Å². The van der Waals surface area contributed by atoms with Crippen LogP contribution in [-0.2, 0) is 9.53 Å². The van der Waals surface area contributed by atoms with Crippen LogP contribution in [0.5, 0.6) is 0 Å². The van der Waals surface area contributed by atoms with Crippen LogP contribution in [0.15, 0.2) is 18.2 Å². The molecule has 1 aromatic heterocycles. The van der Waals surface area contributed by atoms with Gasteiger partial charge in [0.25, 0.3) is 5.91 Å². The average Bonchev–Trinajstić information content (AvgIpc) is 2.46. The maximum Gasteiger partial charge on any atom is 0.305 e. The molecule has 0 aromatic carbocycles. The number of carbonyl (C=O) groups is 2. The molecule has 1 rings (SSSR count). The van der Waals surface area contributed by atoms with Crippen molar-refractivity contribution in [2.75, 3.05) is 13.2 Å². The molecule has 0 bridgehead atoms. The Morgan fingerprint density at radius 1 is 1.19 bits per heavy atom. The van der Waals surface area contributed by atoms with E-state index in [1.54, 1.807) is 6.07 Å². The number of carbonyl (C=O) groups excluding carboxylic acids is 2. The second kappa shape index (κ2) is 9.91. The first-order chi connectivity index (χ1) is 10.1. The summed E-state index contributed by atoms with van der Waals surface area (Å²) in [6.45, 7) is 4.75. The number of nitrogens with one attached hydrogen (secondary N) is 1. The minimum Gasteiger partial charge on any atom is -0.466 e. The van der Waals surface area contributed by atoms with E-state index in [1.165, 1.54) is 0 Å². The zero-order valence-corrected chi connectivity index (χ0v) is 12.9. The minimum atomic E-state index is -0.134. The lowest BCUT2D eigenvalue weighted by Crippen LogP contribution is -2.25. The van der Waals surface area contributed by atoms with Gasteiger partial charge in [0.05, 0.1) is 6.61 Å². The number of nitrogens with zero attached hydrogens (tertiary/aromatic N) is 1. The molecular formula is C16H24N2O3. The third-order valence-corrected chi connectivity index (χ3v) is 3.02. The summed E-state index contributed by atoms with van der Waals surface area (Å²) in [6.07, 6.45) is 4.18. The molecule has 0 aliphatic heterocycles. The molecule has 21 heavy (non-hydrogen) atoms. The Hall–Kier alpha value is -1.91. The highest BCUT2D eigenvalue weighted by Gasteiger charge is 2.06. The molecule has 5 nitrogen and oxygen atoms in total. The summed E-state index contributed by atoms with van der Waals surface area (Å²) >= 11 is 0. The number of unbranched alkanes of at least 4 members (excludes halogenated alkanes) is 3. The molecule has 0 aliphatic rings. The van der Waals surface area contributed by atoms with Crippen molar-refractivity contribution in [2.24, 2.45) is 0 Å². The lowest BCUT2D eigenvalue weighted by molar-refractivity contribution is -0.143. The Labute approximate surface area is 126 Å². The van der Waals surface area contributed by atoms with Gasteiger partial charge in [0.15, 0.2) is 0 Å². The molecule has 0 radical (unpaired) electrons. The molecule has 0 atom stereocenters. The number of hydrogen-bond donors (Lipinski definition) is 1. The van der Waals surface area contributed by atoms with E-state index in [0.29, 0.717) is 25.3 Å². The number of hydrogen-bond acceptors (Lipinski definition) is 4. The van der Waals surface area contributed by atoms with E-state index in [2.05, 4.69) is 10.3 Å². The van der Waals surface area contributed by atoms with Crippen molar-refractivity contribution in [3.05, 3.63) is 29.6 Å². The molecule has 0 aliphatic carbocycles. The van der Waals surface area contributed by atoms with E-state index in [1.807, 2.05) is 26.0 Å². The third-order valence-electron chi connectivity index (χ3n) is 3.02. The number of esters is 1. The highest BCUT2D eigenvalue weighted by molar-refractivity contribution is 5.92. The lowest BCUT2D eigenvalue weighted by Gasteiger charge is -2.05.